The fourth-order valence-electron chi connectivity index (χ4n) is 1.02. The van der Waals surface area contributed by atoms with Crippen molar-refractivity contribution in [1.82, 2.24) is 0 Å². The molecular weight excluding hydrogens is 200 g/mol. The van der Waals surface area contributed by atoms with Crippen LogP contribution in [-0.4, -0.2) is 18.8 Å². The maximum atomic E-state index is 11.2. The van der Waals surface area contributed by atoms with Gasteiger partial charge in [-0.15, -0.1) is 11.6 Å². The van der Waals surface area contributed by atoms with E-state index in [4.69, 9.17) is 16.9 Å². The summed E-state index contributed by atoms with van der Waals surface area (Å²) in [5, 5.41) is 8.66. The Balaban J connectivity index is 2.96. The van der Waals surface area contributed by atoms with Crippen LogP contribution in [-0.2, 0) is 4.79 Å². The first kappa shape index (κ1) is 10.6. The van der Waals surface area contributed by atoms with Crippen molar-refractivity contribution in [3.05, 3.63) is 29.8 Å². The third kappa shape index (κ3) is 2.24. The molecule has 0 aliphatic rings. The second kappa shape index (κ2) is 4.64. The average molecular weight is 209 g/mol. The fourth-order valence-corrected chi connectivity index (χ4v) is 1.20. The molecule has 0 aliphatic carbocycles. The first-order valence-electron chi connectivity index (χ1n) is 4.01. The van der Waals surface area contributed by atoms with Crippen LogP contribution in [0.4, 0.5) is 5.69 Å². The summed E-state index contributed by atoms with van der Waals surface area (Å²) in [5.41, 5.74) is 1.20. The Hall–Kier alpha value is -1.53. The molecule has 0 aliphatic heterocycles. The van der Waals surface area contributed by atoms with Gasteiger partial charge in [0.25, 0.3) is 0 Å². The van der Waals surface area contributed by atoms with E-state index in [1.807, 2.05) is 6.07 Å². The van der Waals surface area contributed by atoms with Crippen LogP contribution in [0.2, 0.25) is 0 Å². The van der Waals surface area contributed by atoms with Gasteiger partial charge in [-0.2, -0.15) is 5.26 Å². The van der Waals surface area contributed by atoms with E-state index in [2.05, 4.69) is 0 Å². The van der Waals surface area contributed by atoms with E-state index in [1.165, 1.54) is 4.90 Å². The summed E-state index contributed by atoms with van der Waals surface area (Å²) in [5.74, 6) is -0.255. The molecule has 0 heterocycles. The Morgan fingerprint density at radius 3 is 2.93 bits per heavy atom. The molecule has 1 rings (SSSR count). The molecule has 14 heavy (non-hydrogen) atoms. The molecule has 1 amide bonds. The van der Waals surface area contributed by atoms with Crippen LogP contribution >= 0.6 is 11.6 Å². The number of amides is 1. The summed E-state index contributed by atoms with van der Waals surface area (Å²) in [6, 6.07) is 8.82. The summed E-state index contributed by atoms with van der Waals surface area (Å²) < 4.78 is 0. The van der Waals surface area contributed by atoms with Crippen LogP contribution < -0.4 is 4.90 Å². The molecule has 0 bridgehead atoms. The van der Waals surface area contributed by atoms with Gasteiger partial charge in [0.1, 0.15) is 5.88 Å². The van der Waals surface area contributed by atoms with E-state index in [0.717, 1.165) is 0 Å². The van der Waals surface area contributed by atoms with E-state index >= 15 is 0 Å². The highest BCUT2D eigenvalue weighted by Gasteiger charge is 2.09. The minimum Gasteiger partial charge on any atom is -0.314 e. The van der Waals surface area contributed by atoms with Crippen LogP contribution in [0.1, 0.15) is 5.56 Å². The zero-order chi connectivity index (χ0) is 10.6. The summed E-state index contributed by atoms with van der Waals surface area (Å²) in [6.45, 7) is 0. The highest BCUT2D eigenvalue weighted by atomic mass is 35.5. The molecule has 0 N–H and O–H groups in total. The quantitative estimate of drug-likeness (QED) is 0.696. The van der Waals surface area contributed by atoms with Gasteiger partial charge in [-0.1, -0.05) is 6.07 Å². The molecule has 1 aromatic carbocycles. The number of carbonyl (C=O) groups is 1. The predicted octanol–water partition coefficient (Wildman–Crippen LogP) is 1.76. The molecule has 0 radical (unpaired) electrons. The number of nitriles is 1. The van der Waals surface area contributed by atoms with Gasteiger partial charge < -0.3 is 4.90 Å². The van der Waals surface area contributed by atoms with Gasteiger partial charge in [0.05, 0.1) is 11.6 Å². The third-order valence-electron chi connectivity index (χ3n) is 1.85. The lowest BCUT2D eigenvalue weighted by Crippen LogP contribution is -2.27. The van der Waals surface area contributed by atoms with Crippen molar-refractivity contribution in [3.63, 3.8) is 0 Å². The molecular formula is C10H9ClN2O. The normalized spacial score (nSPS) is 9.21. The second-order valence-corrected chi connectivity index (χ2v) is 3.02. The Morgan fingerprint density at radius 1 is 1.64 bits per heavy atom. The number of rotatable bonds is 2. The van der Waals surface area contributed by atoms with E-state index in [0.29, 0.717) is 11.3 Å². The molecule has 3 nitrogen and oxygen atoms in total. The Kier molecular flexibility index (Phi) is 3.49. The highest BCUT2D eigenvalue weighted by molar-refractivity contribution is 6.29. The predicted molar refractivity (Wildman–Crippen MR) is 55.3 cm³/mol. The van der Waals surface area contributed by atoms with Crippen molar-refractivity contribution >= 4 is 23.2 Å². The Bertz CT molecular complexity index is 384. The van der Waals surface area contributed by atoms with E-state index in [9.17, 15) is 4.79 Å². The maximum Gasteiger partial charge on any atom is 0.241 e. The van der Waals surface area contributed by atoms with Crippen LogP contribution in [0.15, 0.2) is 24.3 Å². The van der Waals surface area contributed by atoms with Crippen LogP contribution in [0.3, 0.4) is 0 Å². The number of carbonyl (C=O) groups excluding carboxylic acids is 1. The van der Waals surface area contributed by atoms with Crippen molar-refractivity contribution in [2.24, 2.45) is 0 Å². The molecule has 0 atom stereocenters. The van der Waals surface area contributed by atoms with Gasteiger partial charge in [0.15, 0.2) is 0 Å². The minimum absolute atomic E-state index is 0.0622. The topological polar surface area (TPSA) is 44.1 Å². The first-order valence-corrected chi connectivity index (χ1v) is 4.55. The lowest BCUT2D eigenvalue weighted by Gasteiger charge is -2.15. The lowest BCUT2D eigenvalue weighted by atomic mass is 10.2. The lowest BCUT2D eigenvalue weighted by molar-refractivity contribution is -0.116. The average Bonchev–Trinajstić information content (AvgIpc) is 2.27. The van der Waals surface area contributed by atoms with Crippen LogP contribution in [0.5, 0.6) is 0 Å². The van der Waals surface area contributed by atoms with Crippen molar-refractivity contribution in [3.8, 4) is 6.07 Å². The standard InChI is InChI=1S/C10H9ClN2O/c1-13(10(14)6-11)9-4-2-3-8(5-9)7-12/h2-5H,6H2,1H3. The third-order valence-corrected chi connectivity index (χ3v) is 2.08. The molecule has 0 fully saturated rings. The summed E-state index contributed by atoms with van der Waals surface area (Å²) in [7, 11) is 1.63. The molecule has 0 spiro atoms. The van der Waals surface area contributed by atoms with Gasteiger partial charge in [0, 0.05) is 12.7 Å². The second-order valence-electron chi connectivity index (χ2n) is 2.75. The van der Waals surface area contributed by atoms with E-state index in [-0.39, 0.29) is 11.8 Å². The molecule has 72 valence electrons. The molecule has 0 unspecified atom stereocenters. The number of hydrogen-bond donors (Lipinski definition) is 0. The highest BCUT2D eigenvalue weighted by Crippen LogP contribution is 2.14. The number of alkyl halides is 1. The van der Waals surface area contributed by atoms with Crippen molar-refractivity contribution in [2.45, 2.75) is 0 Å². The molecule has 4 heteroatoms. The summed E-state index contributed by atoms with van der Waals surface area (Å²) >= 11 is 5.41. The van der Waals surface area contributed by atoms with E-state index in [1.54, 1.807) is 31.3 Å². The summed E-state index contributed by atoms with van der Waals surface area (Å²) in [4.78, 5) is 12.6. The smallest absolute Gasteiger partial charge is 0.241 e. The Labute approximate surface area is 87.5 Å². The van der Waals surface area contributed by atoms with Crippen molar-refractivity contribution < 1.29 is 4.79 Å². The molecule has 0 saturated heterocycles. The number of anilines is 1. The SMILES string of the molecule is CN(C(=O)CCl)c1cccc(C#N)c1. The Morgan fingerprint density at radius 2 is 2.36 bits per heavy atom. The fraction of sp³-hybridized carbons (Fsp3) is 0.200. The minimum atomic E-state index is -0.193. The van der Waals surface area contributed by atoms with Gasteiger partial charge in [-0.25, -0.2) is 0 Å². The number of halogens is 1. The van der Waals surface area contributed by atoms with Gasteiger partial charge >= 0.3 is 0 Å². The number of benzene rings is 1. The van der Waals surface area contributed by atoms with Gasteiger partial charge in [-0.05, 0) is 18.2 Å². The molecule has 0 aromatic heterocycles. The number of nitrogens with zero attached hydrogens (tertiary/aromatic N) is 2. The molecule has 1 aromatic rings. The van der Waals surface area contributed by atoms with Crippen molar-refractivity contribution in [2.75, 3.05) is 17.8 Å². The van der Waals surface area contributed by atoms with Crippen molar-refractivity contribution in [1.29, 1.82) is 5.26 Å². The zero-order valence-electron chi connectivity index (χ0n) is 7.70. The zero-order valence-corrected chi connectivity index (χ0v) is 8.45. The van der Waals surface area contributed by atoms with E-state index < -0.39 is 0 Å². The maximum absolute atomic E-state index is 11.2. The monoisotopic (exact) mass is 208 g/mol. The van der Waals surface area contributed by atoms with Crippen LogP contribution in [0, 0.1) is 11.3 Å². The first-order chi connectivity index (χ1) is 6.69. The number of hydrogen-bond acceptors (Lipinski definition) is 2. The summed E-state index contributed by atoms with van der Waals surface area (Å²) in [6.07, 6.45) is 0. The van der Waals surface area contributed by atoms with Gasteiger partial charge in [-0.3, -0.25) is 4.79 Å². The largest absolute Gasteiger partial charge is 0.314 e. The molecule has 0 saturated carbocycles. The van der Waals surface area contributed by atoms with Gasteiger partial charge in [0.2, 0.25) is 5.91 Å². The van der Waals surface area contributed by atoms with Crippen LogP contribution in [0.25, 0.3) is 0 Å².